The van der Waals surface area contributed by atoms with Gasteiger partial charge in [-0.05, 0) is 44.7 Å². The van der Waals surface area contributed by atoms with Gasteiger partial charge in [0.2, 0.25) is 0 Å². The van der Waals surface area contributed by atoms with Crippen molar-refractivity contribution in [2.45, 2.75) is 38.7 Å². The monoisotopic (exact) mass is 345 g/mol. The number of aliphatic imine (C=N–C) groups is 1. The number of alkyl halides is 3. The van der Waals surface area contributed by atoms with E-state index >= 15 is 0 Å². The van der Waals surface area contributed by atoms with Gasteiger partial charge in [0.05, 0.1) is 5.60 Å². The third kappa shape index (κ3) is 6.27. The highest BCUT2D eigenvalue weighted by molar-refractivity contribution is 5.92. The van der Waals surface area contributed by atoms with Crippen LogP contribution in [0.5, 0.6) is 5.75 Å². The Morgan fingerprint density at radius 2 is 2.21 bits per heavy atom. The van der Waals surface area contributed by atoms with Crippen molar-refractivity contribution in [1.82, 2.24) is 0 Å². The molecular formula is C16H22F3N3O2. The zero-order valence-electron chi connectivity index (χ0n) is 13.7. The maximum Gasteiger partial charge on any atom is 0.573 e. The fourth-order valence-corrected chi connectivity index (χ4v) is 2.70. The van der Waals surface area contributed by atoms with Crippen LogP contribution in [0.2, 0.25) is 0 Å². The van der Waals surface area contributed by atoms with Crippen LogP contribution in [-0.2, 0) is 4.74 Å². The van der Waals surface area contributed by atoms with Crippen molar-refractivity contribution in [2.24, 2.45) is 16.6 Å². The van der Waals surface area contributed by atoms with Gasteiger partial charge in [-0.3, -0.25) is 4.99 Å². The molecule has 1 fully saturated rings. The van der Waals surface area contributed by atoms with Crippen LogP contribution < -0.4 is 15.8 Å². The SMILES string of the molecule is CC1(C)CC(CN=C(N)Nc2cccc(OC(F)(F)F)c2)CCO1. The quantitative estimate of drug-likeness (QED) is 0.647. The molecule has 1 unspecified atom stereocenters. The summed E-state index contributed by atoms with van der Waals surface area (Å²) in [5.74, 6) is 0.212. The summed E-state index contributed by atoms with van der Waals surface area (Å²) in [6.07, 6.45) is -2.93. The van der Waals surface area contributed by atoms with E-state index < -0.39 is 6.36 Å². The van der Waals surface area contributed by atoms with Crippen LogP contribution in [0, 0.1) is 5.92 Å². The fourth-order valence-electron chi connectivity index (χ4n) is 2.70. The first-order chi connectivity index (χ1) is 11.1. The van der Waals surface area contributed by atoms with E-state index in [1.165, 1.54) is 18.2 Å². The number of ether oxygens (including phenoxy) is 2. The summed E-state index contributed by atoms with van der Waals surface area (Å²) >= 11 is 0. The van der Waals surface area contributed by atoms with E-state index in [1.54, 1.807) is 6.07 Å². The Balaban J connectivity index is 1.91. The zero-order chi connectivity index (χ0) is 17.8. The number of anilines is 1. The van der Waals surface area contributed by atoms with Crippen LogP contribution in [-0.4, -0.2) is 31.1 Å². The van der Waals surface area contributed by atoms with Crippen LogP contribution in [0.3, 0.4) is 0 Å². The van der Waals surface area contributed by atoms with Gasteiger partial charge >= 0.3 is 6.36 Å². The van der Waals surface area contributed by atoms with Gasteiger partial charge < -0.3 is 20.5 Å². The fraction of sp³-hybridized carbons (Fsp3) is 0.562. The highest BCUT2D eigenvalue weighted by atomic mass is 19.4. The molecule has 1 aromatic carbocycles. The predicted octanol–water partition coefficient (Wildman–Crippen LogP) is 3.52. The summed E-state index contributed by atoms with van der Waals surface area (Å²) < 4.78 is 46.2. The van der Waals surface area contributed by atoms with Crippen LogP contribution in [0.4, 0.5) is 18.9 Å². The summed E-state index contributed by atoms with van der Waals surface area (Å²) in [4.78, 5) is 4.28. The van der Waals surface area contributed by atoms with E-state index in [2.05, 4.69) is 15.0 Å². The molecule has 8 heteroatoms. The Hall–Kier alpha value is -1.96. The molecule has 3 N–H and O–H groups in total. The van der Waals surface area contributed by atoms with E-state index in [0.717, 1.165) is 12.8 Å². The number of nitrogens with one attached hydrogen (secondary N) is 1. The second-order valence-electron chi connectivity index (χ2n) is 6.39. The molecule has 1 aliphatic heterocycles. The minimum absolute atomic E-state index is 0.156. The molecule has 1 atom stereocenters. The highest BCUT2D eigenvalue weighted by Gasteiger charge is 2.31. The molecule has 1 heterocycles. The summed E-state index contributed by atoms with van der Waals surface area (Å²) in [6, 6.07) is 5.46. The number of guanidine groups is 1. The average molecular weight is 345 g/mol. The van der Waals surface area contributed by atoms with Gasteiger partial charge in [0.25, 0.3) is 0 Å². The van der Waals surface area contributed by atoms with Gasteiger partial charge in [0.1, 0.15) is 5.75 Å². The third-order valence-electron chi connectivity index (χ3n) is 3.66. The molecule has 0 spiro atoms. The van der Waals surface area contributed by atoms with Crippen LogP contribution in [0.25, 0.3) is 0 Å². The molecule has 1 aromatic rings. The van der Waals surface area contributed by atoms with Crippen LogP contribution in [0.15, 0.2) is 29.3 Å². The molecule has 24 heavy (non-hydrogen) atoms. The van der Waals surface area contributed by atoms with Crippen molar-refractivity contribution >= 4 is 11.6 Å². The molecule has 1 aliphatic rings. The lowest BCUT2D eigenvalue weighted by molar-refractivity contribution is -0.274. The van der Waals surface area contributed by atoms with E-state index in [0.29, 0.717) is 24.8 Å². The molecule has 0 aliphatic carbocycles. The van der Waals surface area contributed by atoms with Crippen LogP contribution in [0.1, 0.15) is 26.7 Å². The maximum absolute atomic E-state index is 12.2. The molecule has 1 saturated heterocycles. The van der Waals surface area contributed by atoms with Crippen molar-refractivity contribution in [2.75, 3.05) is 18.5 Å². The minimum atomic E-state index is -4.73. The molecule has 2 rings (SSSR count). The predicted molar refractivity (Wildman–Crippen MR) is 86.0 cm³/mol. The average Bonchev–Trinajstić information content (AvgIpc) is 2.42. The van der Waals surface area contributed by atoms with Gasteiger partial charge in [0, 0.05) is 24.9 Å². The first-order valence-corrected chi connectivity index (χ1v) is 7.70. The zero-order valence-corrected chi connectivity index (χ0v) is 13.7. The van der Waals surface area contributed by atoms with Crippen molar-refractivity contribution < 1.29 is 22.6 Å². The Kier molecular flexibility index (Phi) is 5.58. The Labute approximate surface area is 139 Å². The minimum Gasteiger partial charge on any atom is -0.406 e. The van der Waals surface area contributed by atoms with Gasteiger partial charge in [0.15, 0.2) is 5.96 Å². The van der Waals surface area contributed by atoms with Crippen molar-refractivity contribution in [3.8, 4) is 5.75 Å². The number of nitrogens with two attached hydrogens (primary N) is 1. The number of hydrogen-bond donors (Lipinski definition) is 2. The van der Waals surface area contributed by atoms with Gasteiger partial charge in [-0.15, -0.1) is 13.2 Å². The van der Waals surface area contributed by atoms with Crippen molar-refractivity contribution in [1.29, 1.82) is 0 Å². The number of rotatable bonds is 4. The normalized spacial score (nSPS) is 21.4. The van der Waals surface area contributed by atoms with E-state index in [-0.39, 0.29) is 17.3 Å². The first kappa shape index (κ1) is 18.4. The molecule has 134 valence electrons. The topological polar surface area (TPSA) is 68.9 Å². The van der Waals surface area contributed by atoms with Crippen LogP contribution >= 0.6 is 0 Å². The Morgan fingerprint density at radius 3 is 2.88 bits per heavy atom. The Bertz CT molecular complexity index is 588. The van der Waals surface area contributed by atoms with E-state index in [9.17, 15) is 13.2 Å². The lowest BCUT2D eigenvalue weighted by atomic mass is 9.88. The lowest BCUT2D eigenvalue weighted by Crippen LogP contribution is -2.35. The smallest absolute Gasteiger partial charge is 0.406 e. The summed E-state index contributed by atoms with van der Waals surface area (Å²) in [5, 5.41) is 2.78. The van der Waals surface area contributed by atoms with Gasteiger partial charge in [-0.2, -0.15) is 0 Å². The number of nitrogens with zero attached hydrogens (tertiary/aromatic N) is 1. The number of benzene rings is 1. The third-order valence-corrected chi connectivity index (χ3v) is 3.66. The summed E-state index contributed by atoms with van der Waals surface area (Å²) in [7, 11) is 0. The molecule has 5 nitrogen and oxygen atoms in total. The molecular weight excluding hydrogens is 323 g/mol. The van der Waals surface area contributed by atoms with Gasteiger partial charge in [-0.1, -0.05) is 6.07 Å². The molecule has 0 aromatic heterocycles. The standard InChI is InChI=1S/C16H22F3N3O2/c1-15(2)9-11(6-7-23-15)10-21-14(20)22-12-4-3-5-13(8-12)24-16(17,18)19/h3-5,8,11H,6-7,9-10H2,1-2H3,(H3,20,21,22). The number of hydrogen-bond acceptors (Lipinski definition) is 3. The van der Waals surface area contributed by atoms with E-state index in [1.807, 2.05) is 13.8 Å². The van der Waals surface area contributed by atoms with Gasteiger partial charge in [-0.25, -0.2) is 0 Å². The highest BCUT2D eigenvalue weighted by Crippen LogP contribution is 2.28. The van der Waals surface area contributed by atoms with Crippen molar-refractivity contribution in [3.63, 3.8) is 0 Å². The number of halogens is 3. The molecule has 0 saturated carbocycles. The molecule has 0 radical (unpaired) electrons. The molecule has 0 amide bonds. The lowest BCUT2D eigenvalue weighted by Gasteiger charge is -2.34. The second-order valence-corrected chi connectivity index (χ2v) is 6.39. The van der Waals surface area contributed by atoms with E-state index in [4.69, 9.17) is 10.5 Å². The maximum atomic E-state index is 12.2. The largest absolute Gasteiger partial charge is 0.573 e. The molecule has 0 bridgehead atoms. The first-order valence-electron chi connectivity index (χ1n) is 7.70. The summed E-state index contributed by atoms with van der Waals surface area (Å²) in [6.45, 7) is 5.31. The van der Waals surface area contributed by atoms with Crippen molar-refractivity contribution in [3.05, 3.63) is 24.3 Å². The second kappa shape index (κ2) is 7.29. The summed E-state index contributed by atoms with van der Waals surface area (Å²) in [5.41, 5.74) is 6.03. The Morgan fingerprint density at radius 1 is 1.46 bits per heavy atom.